The van der Waals surface area contributed by atoms with Crippen LogP contribution in [-0.2, 0) is 4.79 Å². The lowest BCUT2D eigenvalue weighted by Gasteiger charge is -2.57. The summed E-state index contributed by atoms with van der Waals surface area (Å²) in [7, 11) is 0. The van der Waals surface area contributed by atoms with E-state index in [1.165, 1.54) is 25.7 Å². The Balaban J connectivity index is 1.88. The highest BCUT2D eigenvalue weighted by Crippen LogP contribution is 2.71. The van der Waals surface area contributed by atoms with Crippen LogP contribution in [0.15, 0.2) is 0 Å². The van der Waals surface area contributed by atoms with Crippen molar-refractivity contribution < 1.29 is 9.90 Å². The van der Waals surface area contributed by atoms with Gasteiger partial charge in [-0.25, -0.2) is 0 Å². The number of hydrogen-bond donors (Lipinski definition) is 2. The molecule has 0 aliphatic heterocycles. The third kappa shape index (κ3) is 1.02. The maximum Gasteiger partial charge on any atom is 0.303 e. The highest BCUT2D eigenvalue weighted by atomic mass is 16.4. The number of hydrogen-bond acceptors (Lipinski definition) is 2. The van der Waals surface area contributed by atoms with E-state index >= 15 is 0 Å². The zero-order chi connectivity index (χ0) is 10.6. The molecule has 0 aromatic rings. The lowest BCUT2D eigenvalue weighted by molar-refractivity contribution is -0.153. The third-order valence-electron chi connectivity index (χ3n) is 5.51. The normalized spacial score (nSPS) is 51.3. The highest BCUT2D eigenvalue weighted by molar-refractivity contribution is 5.68. The number of carbonyl (C=O) groups is 1. The fourth-order valence-corrected chi connectivity index (χ4v) is 5.06. The molecule has 3 heteroatoms. The minimum Gasteiger partial charge on any atom is -0.481 e. The van der Waals surface area contributed by atoms with E-state index < -0.39 is 5.97 Å². The van der Waals surface area contributed by atoms with Gasteiger partial charge in [0, 0.05) is 0 Å². The number of carboxylic acids is 1. The number of aliphatic carboxylic acids is 1. The molecule has 3 rings (SSSR count). The molecule has 0 aromatic heterocycles. The van der Waals surface area contributed by atoms with Gasteiger partial charge in [0.25, 0.3) is 0 Å². The minimum atomic E-state index is -0.658. The second kappa shape index (κ2) is 2.97. The largest absolute Gasteiger partial charge is 0.481 e. The van der Waals surface area contributed by atoms with E-state index in [-0.39, 0.29) is 5.41 Å². The first-order valence-corrected chi connectivity index (χ1v) is 6.11. The van der Waals surface area contributed by atoms with Crippen LogP contribution in [0.5, 0.6) is 0 Å². The molecule has 0 aromatic carbocycles. The molecular weight excluding hydrogens is 190 g/mol. The summed E-state index contributed by atoms with van der Waals surface area (Å²) in [6.07, 6.45) is 5.43. The molecule has 0 bridgehead atoms. The average Bonchev–Trinajstić information content (AvgIpc) is 2.67. The zero-order valence-electron chi connectivity index (χ0n) is 8.98. The SMILES string of the molecule is NC[C@]1(CC(=O)O)C2CCC3CC[C@@H]1[C@H]32. The van der Waals surface area contributed by atoms with Gasteiger partial charge in [0.2, 0.25) is 0 Å². The van der Waals surface area contributed by atoms with Crippen molar-refractivity contribution in [3.63, 3.8) is 0 Å². The van der Waals surface area contributed by atoms with Crippen molar-refractivity contribution in [1.29, 1.82) is 0 Å². The Hall–Kier alpha value is -0.570. The summed E-state index contributed by atoms with van der Waals surface area (Å²) in [5.74, 6) is 2.36. The fourth-order valence-electron chi connectivity index (χ4n) is 5.06. The molecule has 2 unspecified atom stereocenters. The van der Waals surface area contributed by atoms with Gasteiger partial charge in [-0.1, -0.05) is 0 Å². The molecule has 0 amide bonds. The first-order chi connectivity index (χ1) is 7.19. The van der Waals surface area contributed by atoms with Crippen LogP contribution in [0.2, 0.25) is 0 Å². The van der Waals surface area contributed by atoms with Gasteiger partial charge in [0.15, 0.2) is 0 Å². The van der Waals surface area contributed by atoms with Crippen molar-refractivity contribution in [2.45, 2.75) is 32.1 Å². The minimum absolute atomic E-state index is 0.0260. The van der Waals surface area contributed by atoms with Crippen molar-refractivity contribution in [3.05, 3.63) is 0 Å². The smallest absolute Gasteiger partial charge is 0.303 e. The molecule has 3 N–H and O–H groups in total. The lowest BCUT2D eigenvalue weighted by Crippen LogP contribution is -2.58. The summed E-state index contributed by atoms with van der Waals surface area (Å²) in [5, 5.41) is 9.04. The third-order valence-corrected chi connectivity index (χ3v) is 5.51. The first kappa shape index (κ1) is 9.64. The van der Waals surface area contributed by atoms with Gasteiger partial charge in [0.05, 0.1) is 6.42 Å². The molecule has 0 radical (unpaired) electrons. The average molecular weight is 209 g/mol. The summed E-state index contributed by atoms with van der Waals surface area (Å²) in [5.41, 5.74) is 5.87. The molecular formula is C12H19NO2. The van der Waals surface area contributed by atoms with Crippen LogP contribution >= 0.6 is 0 Å². The number of carboxylic acid groups (broad SMARTS) is 1. The molecule has 5 atom stereocenters. The van der Waals surface area contributed by atoms with E-state index in [1.807, 2.05) is 0 Å². The summed E-state index contributed by atoms with van der Waals surface area (Å²) in [4.78, 5) is 11.0. The predicted octanol–water partition coefficient (Wildman–Crippen LogP) is 1.47. The van der Waals surface area contributed by atoms with Crippen LogP contribution < -0.4 is 5.73 Å². The summed E-state index contributed by atoms with van der Waals surface area (Å²) < 4.78 is 0. The molecule has 3 nitrogen and oxygen atoms in total. The molecule has 0 heterocycles. The van der Waals surface area contributed by atoms with Crippen LogP contribution in [-0.4, -0.2) is 17.6 Å². The Kier molecular flexibility index (Phi) is 1.91. The molecule has 3 saturated carbocycles. The van der Waals surface area contributed by atoms with Crippen LogP contribution in [0.3, 0.4) is 0 Å². The number of rotatable bonds is 3. The Morgan fingerprint density at radius 3 is 2.33 bits per heavy atom. The number of nitrogens with two attached hydrogens (primary N) is 1. The lowest BCUT2D eigenvalue weighted by atomic mass is 9.47. The van der Waals surface area contributed by atoms with Gasteiger partial charge >= 0.3 is 5.97 Å². The Bertz CT molecular complexity index is 286. The second-order valence-corrected chi connectivity index (χ2v) is 5.71. The van der Waals surface area contributed by atoms with Crippen molar-refractivity contribution in [1.82, 2.24) is 0 Å². The van der Waals surface area contributed by atoms with Crippen LogP contribution in [0, 0.1) is 29.1 Å². The summed E-state index contributed by atoms with van der Waals surface area (Å²) in [6, 6.07) is 0. The summed E-state index contributed by atoms with van der Waals surface area (Å²) >= 11 is 0. The first-order valence-electron chi connectivity index (χ1n) is 6.11. The van der Waals surface area contributed by atoms with Crippen molar-refractivity contribution in [2.75, 3.05) is 6.54 Å². The van der Waals surface area contributed by atoms with E-state index in [0.717, 1.165) is 11.8 Å². The molecule has 3 fully saturated rings. The van der Waals surface area contributed by atoms with E-state index in [1.54, 1.807) is 0 Å². The monoisotopic (exact) mass is 209 g/mol. The van der Waals surface area contributed by atoms with Crippen LogP contribution in [0.4, 0.5) is 0 Å². The second-order valence-electron chi connectivity index (χ2n) is 5.71. The molecule has 84 valence electrons. The van der Waals surface area contributed by atoms with Gasteiger partial charge in [-0.15, -0.1) is 0 Å². The molecule has 3 aliphatic carbocycles. The molecule has 15 heavy (non-hydrogen) atoms. The maximum absolute atomic E-state index is 11.0. The fraction of sp³-hybridized carbons (Fsp3) is 0.917. The Morgan fingerprint density at radius 2 is 1.87 bits per heavy atom. The molecule has 3 aliphatic rings. The van der Waals surface area contributed by atoms with Crippen molar-refractivity contribution in [2.24, 2.45) is 34.8 Å². The van der Waals surface area contributed by atoms with E-state index in [4.69, 9.17) is 10.8 Å². The van der Waals surface area contributed by atoms with Gasteiger partial charge in [0.1, 0.15) is 0 Å². The maximum atomic E-state index is 11.0. The van der Waals surface area contributed by atoms with Crippen LogP contribution in [0.25, 0.3) is 0 Å². The standard InChI is InChI=1S/C12H19NO2/c13-6-12(5-10(14)15)8-3-1-7-2-4-9(12)11(7)8/h7-9,11H,1-6,13H2,(H,14,15)/t7?,8-,9?,11+,12+/m1/s1. The van der Waals surface area contributed by atoms with E-state index in [2.05, 4.69) is 0 Å². The topological polar surface area (TPSA) is 63.3 Å². The van der Waals surface area contributed by atoms with Gasteiger partial charge in [-0.2, -0.15) is 0 Å². The highest BCUT2D eigenvalue weighted by Gasteiger charge is 2.67. The van der Waals surface area contributed by atoms with Crippen LogP contribution in [0.1, 0.15) is 32.1 Å². The van der Waals surface area contributed by atoms with Gasteiger partial charge in [-0.05, 0) is 61.3 Å². The van der Waals surface area contributed by atoms with Gasteiger partial charge in [-0.3, -0.25) is 4.79 Å². The van der Waals surface area contributed by atoms with Crippen molar-refractivity contribution >= 4 is 5.97 Å². The molecule has 0 saturated heterocycles. The van der Waals surface area contributed by atoms with Crippen molar-refractivity contribution in [3.8, 4) is 0 Å². The zero-order valence-corrected chi connectivity index (χ0v) is 8.98. The predicted molar refractivity (Wildman–Crippen MR) is 56.2 cm³/mol. The Labute approximate surface area is 90.0 Å². The quantitative estimate of drug-likeness (QED) is 0.740. The van der Waals surface area contributed by atoms with Gasteiger partial charge < -0.3 is 10.8 Å². The molecule has 0 spiro atoms. The Morgan fingerprint density at radius 1 is 1.27 bits per heavy atom. The van der Waals surface area contributed by atoms with E-state index in [0.29, 0.717) is 24.8 Å². The summed E-state index contributed by atoms with van der Waals surface area (Å²) in [6.45, 7) is 0.581. The van der Waals surface area contributed by atoms with E-state index in [9.17, 15) is 4.79 Å².